The number of carbonyl (C=O) groups is 2. The molecule has 0 aliphatic heterocycles. The average molecular weight is 338 g/mol. The summed E-state index contributed by atoms with van der Waals surface area (Å²) in [5.74, 6) is -0.222. The fraction of sp³-hybridized carbons (Fsp3) is 0.429. The third kappa shape index (κ3) is 4.28. The summed E-state index contributed by atoms with van der Waals surface area (Å²) in [6.45, 7) is 4.04. The summed E-state index contributed by atoms with van der Waals surface area (Å²) < 4.78 is 11.1. The second-order valence-electron chi connectivity index (χ2n) is 4.47. The fourth-order valence-electron chi connectivity index (χ4n) is 1.86. The summed E-state index contributed by atoms with van der Waals surface area (Å²) in [6, 6.07) is 1.71. The van der Waals surface area contributed by atoms with Gasteiger partial charge in [0, 0.05) is 12.3 Å². The number of aryl methyl sites for hydroxylation is 1. The zero-order valence-electron chi connectivity index (χ0n) is 13.2. The Morgan fingerprint density at radius 3 is 2.83 bits per heavy atom. The van der Waals surface area contributed by atoms with Gasteiger partial charge in [-0.05, 0) is 13.3 Å². The molecule has 2 heterocycles. The molecule has 0 spiro atoms. The van der Waals surface area contributed by atoms with Crippen molar-refractivity contribution in [3.63, 3.8) is 0 Å². The number of hydrogen-bond donors (Lipinski definition) is 1. The van der Waals surface area contributed by atoms with Crippen LogP contribution in [0.4, 0.5) is 10.9 Å². The Hall–Kier alpha value is -2.42. The summed E-state index contributed by atoms with van der Waals surface area (Å²) >= 11 is 1.21. The number of anilines is 2. The zero-order valence-corrected chi connectivity index (χ0v) is 14.0. The van der Waals surface area contributed by atoms with Crippen molar-refractivity contribution >= 4 is 34.2 Å². The van der Waals surface area contributed by atoms with E-state index >= 15 is 0 Å². The molecule has 2 aromatic rings. The maximum atomic E-state index is 11.7. The van der Waals surface area contributed by atoms with Crippen LogP contribution >= 0.6 is 11.3 Å². The number of ether oxygens (including phenoxy) is 2. The van der Waals surface area contributed by atoms with Gasteiger partial charge in [0.15, 0.2) is 10.9 Å². The van der Waals surface area contributed by atoms with E-state index in [1.807, 2.05) is 6.92 Å². The molecule has 0 unspecified atom stereocenters. The SMILES string of the molecule is CCOC(=O)Cn1ccc(Nc2nc(CC)c(C(=O)OC)s2)n1. The largest absolute Gasteiger partial charge is 0.465 e. The minimum absolute atomic E-state index is 0.0427. The van der Waals surface area contributed by atoms with E-state index in [4.69, 9.17) is 9.47 Å². The number of methoxy groups -OCH3 is 1. The molecule has 8 nitrogen and oxygen atoms in total. The molecule has 124 valence electrons. The molecule has 0 aliphatic carbocycles. The molecule has 0 saturated carbocycles. The predicted octanol–water partition coefficient (Wildman–Crippen LogP) is 2.00. The van der Waals surface area contributed by atoms with Crippen LogP contribution in [0.2, 0.25) is 0 Å². The molecule has 0 fully saturated rings. The second-order valence-corrected chi connectivity index (χ2v) is 5.47. The van der Waals surface area contributed by atoms with Crippen molar-refractivity contribution in [3.8, 4) is 0 Å². The van der Waals surface area contributed by atoms with E-state index in [0.717, 1.165) is 0 Å². The lowest BCUT2D eigenvalue weighted by Gasteiger charge is -2.01. The molecule has 0 aliphatic rings. The van der Waals surface area contributed by atoms with Crippen LogP contribution in [-0.2, 0) is 27.2 Å². The van der Waals surface area contributed by atoms with Gasteiger partial charge in [0.2, 0.25) is 0 Å². The van der Waals surface area contributed by atoms with Gasteiger partial charge in [-0.3, -0.25) is 9.48 Å². The van der Waals surface area contributed by atoms with Gasteiger partial charge in [0.25, 0.3) is 0 Å². The van der Waals surface area contributed by atoms with E-state index in [2.05, 4.69) is 15.4 Å². The first-order valence-corrected chi connectivity index (χ1v) is 7.93. The van der Waals surface area contributed by atoms with Crippen molar-refractivity contribution in [2.45, 2.75) is 26.8 Å². The van der Waals surface area contributed by atoms with E-state index in [9.17, 15) is 9.59 Å². The van der Waals surface area contributed by atoms with Crippen LogP contribution in [0.25, 0.3) is 0 Å². The summed E-state index contributed by atoms with van der Waals surface area (Å²) in [5, 5.41) is 7.78. The van der Waals surface area contributed by atoms with Crippen molar-refractivity contribution in [1.29, 1.82) is 0 Å². The lowest BCUT2D eigenvalue weighted by atomic mass is 10.3. The highest BCUT2D eigenvalue weighted by Gasteiger charge is 2.18. The van der Waals surface area contributed by atoms with Crippen LogP contribution < -0.4 is 5.32 Å². The number of hydrogen-bond acceptors (Lipinski definition) is 8. The Morgan fingerprint density at radius 2 is 2.17 bits per heavy atom. The minimum Gasteiger partial charge on any atom is -0.465 e. The fourth-order valence-corrected chi connectivity index (χ4v) is 2.84. The molecule has 0 radical (unpaired) electrons. The van der Waals surface area contributed by atoms with Crippen LogP contribution in [0.3, 0.4) is 0 Å². The number of rotatable bonds is 7. The molecule has 9 heteroatoms. The Morgan fingerprint density at radius 1 is 1.39 bits per heavy atom. The van der Waals surface area contributed by atoms with Gasteiger partial charge in [-0.2, -0.15) is 5.10 Å². The summed E-state index contributed by atoms with van der Waals surface area (Å²) in [6.07, 6.45) is 2.29. The minimum atomic E-state index is -0.403. The van der Waals surface area contributed by atoms with Crippen LogP contribution in [0, 0.1) is 0 Å². The Bertz CT molecular complexity index is 695. The predicted molar refractivity (Wildman–Crippen MR) is 85.0 cm³/mol. The first kappa shape index (κ1) is 16.9. The van der Waals surface area contributed by atoms with E-state index in [1.165, 1.54) is 23.1 Å². The van der Waals surface area contributed by atoms with Crippen molar-refractivity contribution in [1.82, 2.24) is 14.8 Å². The van der Waals surface area contributed by atoms with Gasteiger partial charge in [-0.25, -0.2) is 9.78 Å². The molecule has 0 atom stereocenters. The van der Waals surface area contributed by atoms with Crippen LogP contribution in [0.1, 0.15) is 29.2 Å². The Labute approximate surface area is 137 Å². The molecule has 0 saturated heterocycles. The van der Waals surface area contributed by atoms with Crippen molar-refractivity contribution in [3.05, 3.63) is 22.8 Å². The van der Waals surface area contributed by atoms with Gasteiger partial charge in [0.05, 0.1) is 19.4 Å². The maximum Gasteiger partial charge on any atom is 0.350 e. The summed E-state index contributed by atoms with van der Waals surface area (Å²) in [4.78, 5) is 27.9. The van der Waals surface area contributed by atoms with Crippen molar-refractivity contribution < 1.29 is 19.1 Å². The molecule has 0 amide bonds. The highest BCUT2D eigenvalue weighted by Crippen LogP contribution is 2.26. The number of nitrogens with one attached hydrogen (secondary N) is 1. The molecule has 0 bridgehead atoms. The van der Waals surface area contributed by atoms with Gasteiger partial charge in [-0.15, -0.1) is 0 Å². The topological polar surface area (TPSA) is 95.3 Å². The number of nitrogens with zero attached hydrogens (tertiary/aromatic N) is 3. The van der Waals surface area contributed by atoms with E-state index < -0.39 is 5.97 Å². The molecule has 1 N–H and O–H groups in total. The zero-order chi connectivity index (χ0) is 16.8. The Kier molecular flexibility index (Phi) is 5.69. The first-order chi connectivity index (χ1) is 11.1. The molecule has 0 aromatic carbocycles. The van der Waals surface area contributed by atoms with Gasteiger partial charge >= 0.3 is 11.9 Å². The lowest BCUT2D eigenvalue weighted by molar-refractivity contribution is -0.144. The van der Waals surface area contributed by atoms with Crippen LogP contribution in [-0.4, -0.2) is 40.4 Å². The smallest absolute Gasteiger partial charge is 0.350 e. The van der Waals surface area contributed by atoms with E-state index in [0.29, 0.717) is 34.5 Å². The Balaban J connectivity index is 2.08. The third-order valence-electron chi connectivity index (χ3n) is 2.88. The molecule has 2 aromatic heterocycles. The summed E-state index contributed by atoms with van der Waals surface area (Å²) in [7, 11) is 1.34. The highest BCUT2D eigenvalue weighted by atomic mass is 32.1. The number of thiazole rings is 1. The van der Waals surface area contributed by atoms with Gasteiger partial charge in [-0.1, -0.05) is 18.3 Å². The number of esters is 2. The summed E-state index contributed by atoms with van der Waals surface area (Å²) in [5.41, 5.74) is 0.676. The second kappa shape index (κ2) is 7.73. The maximum absolute atomic E-state index is 11.7. The molecule has 2 rings (SSSR count). The molecular formula is C14H18N4O4S. The quantitative estimate of drug-likeness (QED) is 0.771. The lowest BCUT2D eigenvalue weighted by Crippen LogP contribution is -2.13. The van der Waals surface area contributed by atoms with E-state index in [1.54, 1.807) is 19.2 Å². The third-order valence-corrected chi connectivity index (χ3v) is 3.87. The van der Waals surface area contributed by atoms with Crippen LogP contribution in [0.5, 0.6) is 0 Å². The molecular weight excluding hydrogens is 320 g/mol. The van der Waals surface area contributed by atoms with Gasteiger partial charge < -0.3 is 14.8 Å². The highest BCUT2D eigenvalue weighted by molar-refractivity contribution is 7.17. The first-order valence-electron chi connectivity index (χ1n) is 7.11. The number of aromatic nitrogens is 3. The molecule has 23 heavy (non-hydrogen) atoms. The number of carbonyl (C=O) groups excluding carboxylic acids is 2. The normalized spacial score (nSPS) is 10.4. The average Bonchev–Trinajstić information content (AvgIpc) is 3.13. The standard InChI is InChI=1S/C14H18N4O4S/c1-4-9-12(13(20)21-3)23-14(15-9)16-10-6-7-18(17-10)8-11(19)22-5-2/h6-7H,4-5,8H2,1-3H3,(H,15,16,17). The van der Waals surface area contributed by atoms with Crippen molar-refractivity contribution in [2.24, 2.45) is 0 Å². The van der Waals surface area contributed by atoms with E-state index in [-0.39, 0.29) is 12.5 Å². The van der Waals surface area contributed by atoms with Crippen molar-refractivity contribution in [2.75, 3.05) is 19.0 Å². The van der Waals surface area contributed by atoms with Gasteiger partial charge in [0.1, 0.15) is 11.4 Å². The monoisotopic (exact) mass is 338 g/mol. The van der Waals surface area contributed by atoms with Crippen LogP contribution in [0.15, 0.2) is 12.3 Å².